The number of thioether (sulfide) groups is 6. The molecular formula is C26H52O6S16. The Morgan fingerprint density at radius 1 is 0.354 bits per heavy atom. The van der Waals surface area contributed by atoms with Crippen LogP contribution in [0.15, 0.2) is 0 Å². The van der Waals surface area contributed by atoms with Crippen LogP contribution in [0.2, 0.25) is 0 Å². The molecule has 0 radical (unpaired) electrons. The molecule has 48 heavy (non-hydrogen) atoms. The van der Waals surface area contributed by atoms with E-state index in [1.807, 2.05) is 35.3 Å². The fraction of sp³-hybridized carbons (Fsp3) is 1.00. The van der Waals surface area contributed by atoms with Gasteiger partial charge in [0.15, 0.2) is 38.7 Å². The highest BCUT2D eigenvalue weighted by molar-refractivity contribution is 8.34. The minimum Gasteiger partial charge on any atom is -0.329 e. The Balaban J connectivity index is 0.000000324. The largest absolute Gasteiger partial charge is 0.329 e. The van der Waals surface area contributed by atoms with Crippen LogP contribution in [0.5, 0.6) is 0 Å². The molecule has 0 aromatic rings. The summed E-state index contributed by atoms with van der Waals surface area (Å²) in [6.45, 7) is 0.691. The van der Waals surface area contributed by atoms with Crippen molar-refractivity contribution < 1.29 is 28.4 Å². The number of hydrogen-bond donors (Lipinski definition) is 10. The Morgan fingerprint density at radius 3 is 0.896 bits per heavy atom. The van der Waals surface area contributed by atoms with Crippen LogP contribution in [0.1, 0.15) is 25.7 Å². The molecule has 0 aromatic carbocycles. The first kappa shape index (κ1) is 51.4. The molecule has 4 fully saturated rings. The van der Waals surface area contributed by atoms with Gasteiger partial charge in [-0.05, 0) is 42.3 Å². The zero-order chi connectivity index (χ0) is 35.6. The van der Waals surface area contributed by atoms with Gasteiger partial charge < -0.3 is 28.4 Å². The molecular weight excluding hydrogens is 921 g/mol. The highest BCUT2D eigenvalue weighted by atomic mass is 32.3. The molecule has 4 heterocycles. The maximum absolute atomic E-state index is 5.29. The molecule has 0 amide bonds. The zero-order valence-corrected chi connectivity index (χ0v) is 40.3. The smallest absolute Gasteiger partial charge is 0.172 e. The van der Waals surface area contributed by atoms with Gasteiger partial charge in [0, 0.05) is 40.9 Å². The summed E-state index contributed by atoms with van der Waals surface area (Å²) in [5.74, 6) is 8.15. The van der Waals surface area contributed by atoms with Crippen LogP contribution in [0, 0.1) is 0 Å². The van der Waals surface area contributed by atoms with Crippen molar-refractivity contribution in [3.63, 3.8) is 0 Å². The summed E-state index contributed by atoms with van der Waals surface area (Å²) in [6, 6.07) is 0. The third kappa shape index (κ3) is 24.2. The molecule has 0 atom stereocenters. The summed E-state index contributed by atoms with van der Waals surface area (Å²) in [5, 5.41) is 0. The van der Waals surface area contributed by atoms with E-state index in [1.54, 1.807) is 0 Å². The van der Waals surface area contributed by atoms with E-state index in [0.717, 1.165) is 60.4 Å². The summed E-state index contributed by atoms with van der Waals surface area (Å²) in [5.41, 5.74) is 0. The number of rotatable bonds is 14. The molecule has 0 saturated carbocycles. The molecule has 4 rings (SSSR count). The molecule has 0 bridgehead atoms. The standard InChI is InChI=1S/C9H18S6.C6H12O3S3.C6H12S6.C5H10O3S/c10-4-1-7-13-8(2-5-11)15-9(14-7)3-6-12;10-1-4-7-5(2-11)9-6(3-12)8-4;7-1-4-10-5(2-8)12-6(3-9)11-4;9-2-1-5-7-3-6-4-8-5/h7-12H,1-6H2;4-6,10-12H,1-3H2;4-9H,1-3H2;5,9H,1-4H2. The first-order valence-corrected chi connectivity index (χ1v) is 27.1. The zero-order valence-electron chi connectivity index (χ0n) is 26.5. The minimum absolute atomic E-state index is 0.101. The first-order valence-electron chi connectivity index (χ1n) is 15.1. The van der Waals surface area contributed by atoms with E-state index in [0.29, 0.717) is 44.6 Å². The molecule has 6 nitrogen and oxygen atoms in total. The Hall–Kier alpha value is 5.36. The van der Waals surface area contributed by atoms with Crippen LogP contribution >= 0.6 is 197 Å². The first-order chi connectivity index (χ1) is 23.3. The van der Waals surface area contributed by atoms with Crippen LogP contribution in [0.4, 0.5) is 0 Å². The monoisotopic (exact) mass is 972 g/mol. The Morgan fingerprint density at radius 2 is 0.646 bits per heavy atom. The second-order valence-electron chi connectivity index (χ2n) is 9.44. The average molecular weight is 974 g/mol. The van der Waals surface area contributed by atoms with E-state index in [4.69, 9.17) is 28.4 Å². The second-order valence-corrected chi connectivity index (χ2v) is 23.7. The van der Waals surface area contributed by atoms with Crippen LogP contribution in [-0.2, 0) is 28.4 Å². The molecule has 288 valence electrons. The van der Waals surface area contributed by atoms with E-state index in [-0.39, 0.29) is 25.2 Å². The van der Waals surface area contributed by atoms with Gasteiger partial charge in [0.1, 0.15) is 0 Å². The van der Waals surface area contributed by atoms with Gasteiger partial charge in [0.2, 0.25) is 0 Å². The third-order valence-electron chi connectivity index (χ3n) is 5.76. The molecule has 0 aromatic heterocycles. The lowest BCUT2D eigenvalue weighted by Gasteiger charge is -2.33. The van der Waals surface area contributed by atoms with Gasteiger partial charge >= 0.3 is 0 Å². The van der Waals surface area contributed by atoms with Crippen molar-refractivity contribution in [2.24, 2.45) is 0 Å². The van der Waals surface area contributed by atoms with Crippen molar-refractivity contribution in [1.82, 2.24) is 0 Å². The fourth-order valence-corrected chi connectivity index (χ4v) is 19.5. The molecule has 4 saturated heterocycles. The normalized spacial score (nSPS) is 32.5. The third-order valence-corrected chi connectivity index (χ3v) is 20.3. The van der Waals surface area contributed by atoms with Crippen molar-refractivity contribution in [2.45, 2.75) is 78.3 Å². The quantitative estimate of drug-likeness (QED) is 0.0778. The molecule has 4 aliphatic heterocycles. The van der Waals surface area contributed by atoms with Crippen LogP contribution in [0.25, 0.3) is 0 Å². The van der Waals surface area contributed by atoms with Crippen molar-refractivity contribution in [3.05, 3.63) is 0 Å². The predicted molar refractivity (Wildman–Crippen MR) is 257 cm³/mol. The highest BCUT2D eigenvalue weighted by Crippen LogP contribution is 2.50. The van der Waals surface area contributed by atoms with E-state index in [1.165, 1.54) is 19.3 Å². The maximum Gasteiger partial charge on any atom is 0.172 e. The molecule has 0 spiro atoms. The summed E-state index contributed by atoms with van der Waals surface area (Å²) in [7, 11) is 0. The van der Waals surface area contributed by atoms with E-state index in [9.17, 15) is 0 Å². The molecule has 0 aliphatic carbocycles. The van der Waals surface area contributed by atoms with E-state index in [2.05, 4.69) is 162 Å². The SMILES string of the molecule is SCC1OC(CS)OC(CS)O1.SCC1SC(CS)SC(CS)S1.SCCC1OCOCO1.SCCC1SC(CCS)SC(CCS)S1. The molecule has 22 heteroatoms. The molecule has 0 unspecified atom stereocenters. The van der Waals surface area contributed by atoms with Crippen LogP contribution < -0.4 is 0 Å². The summed E-state index contributed by atoms with van der Waals surface area (Å²) in [4.78, 5) is 0. The van der Waals surface area contributed by atoms with Gasteiger partial charge in [-0.15, -0.1) is 70.6 Å². The topological polar surface area (TPSA) is 55.4 Å². The summed E-state index contributed by atoms with van der Waals surface area (Å²) in [6.07, 6.45) is 3.44. The van der Waals surface area contributed by atoms with E-state index < -0.39 is 0 Å². The van der Waals surface area contributed by atoms with Crippen molar-refractivity contribution in [3.8, 4) is 0 Å². The second kappa shape index (κ2) is 34.4. The van der Waals surface area contributed by atoms with Crippen molar-refractivity contribution in [1.29, 1.82) is 0 Å². The highest BCUT2D eigenvalue weighted by Gasteiger charge is 2.30. The summed E-state index contributed by atoms with van der Waals surface area (Å²) >= 11 is 54.5. The minimum atomic E-state index is -0.309. The average Bonchev–Trinajstić information content (AvgIpc) is 3.12. The summed E-state index contributed by atoms with van der Waals surface area (Å²) < 4.78 is 34.8. The number of hydrogen-bond acceptors (Lipinski definition) is 22. The Labute approximate surface area is 370 Å². The van der Waals surface area contributed by atoms with Gasteiger partial charge in [-0.25, -0.2) is 0 Å². The fourth-order valence-electron chi connectivity index (χ4n) is 3.66. The van der Waals surface area contributed by atoms with Crippen molar-refractivity contribution in [2.75, 3.05) is 71.1 Å². The van der Waals surface area contributed by atoms with Gasteiger partial charge in [0.25, 0.3) is 0 Å². The van der Waals surface area contributed by atoms with Gasteiger partial charge in [-0.2, -0.15) is 126 Å². The van der Waals surface area contributed by atoms with Crippen LogP contribution in [0.3, 0.4) is 0 Å². The van der Waals surface area contributed by atoms with Crippen LogP contribution in [-0.4, -0.2) is 124 Å². The lowest BCUT2D eigenvalue weighted by Crippen LogP contribution is -2.43. The van der Waals surface area contributed by atoms with Gasteiger partial charge in [0.05, 0.1) is 27.5 Å². The van der Waals surface area contributed by atoms with Crippen molar-refractivity contribution >= 4 is 197 Å². The number of thiol groups is 10. The number of ether oxygens (including phenoxy) is 6. The Bertz CT molecular complexity index is 613. The lowest BCUT2D eigenvalue weighted by molar-refractivity contribution is -0.362. The lowest BCUT2D eigenvalue weighted by atomic mass is 10.5. The maximum atomic E-state index is 5.29. The molecule has 0 N–H and O–H groups in total. The van der Waals surface area contributed by atoms with Gasteiger partial charge in [-0.1, -0.05) is 0 Å². The Kier molecular flexibility index (Phi) is 36.8. The molecule has 4 aliphatic rings. The predicted octanol–water partition coefficient (Wildman–Crippen LogP) is 8.53. The van der Waals surface area contributed by atoms with E-state index >= 15 is 0 Å². The van der Waals surface area contributed by atoms with Gasteiger partial charge in [-0.3, -0.25) is 0 Å².